The highest BCUT2D eigenvalue weighted by Gasteiger charge is 2.38. The molecule has 1 heterocycles. The molecular formula is C10H8ClFINO3S. The van der Waals surface area contributed by atoms with Gasteiger partial charge in [0.25, 0.3) is 0 Å². The Morgan fingerprint density at radius 1 is 1.44 bits per heavy atom. The molecule has 1 saturated heterocycles. The molecule has 0 bridgehead atoms. The van der Waals surface area contributed by atoms with Gasteiger partial charge in [-0.1, -0.05) is 0 Å². The second kappa shape index (κ2) is 4.93. The van der Waals surface area contributed by atoms with Crippen molar-refractivity contribution in [2.45, 2.75) is 11.7 Å². The van der Waals surface area contributed by atoms with Crippen molar-refractivity contribution in [2.75, 3.05) is 11.4 Å². The lowest BCUT2D eigenvalue weighted by Gasteiger charge is -2.17. The lowest BCUT2D eigenvalue weighted by atomic mass is 10.3. The minimum absolute atomic E-state index is 0.0376. The topological polar surface area (TPSA) is 54.5 Å². The fourth-order valence-electron chi connectivity index (χ4n) is 1.79. The summed E-state index contributed by atoms with van der Waals surface area (Å²) in [6, 6.07) is 4.02. The molecule has 1 aliphatic heterocycles. The van der Waals surface area contributed by atoms with Gasteiger partial charge in [-0.3, -0.25) is 4.79 Å². The number of amides is 1. The van der Waals surface area contributed by atoms with Gasteiger partial charge < -0.3 is 4.90 Å². The van der Waals surface area contributed by atoms with E-state index in [0.29, 0.717) is 9.26 Å². The minimum Gasteiger partial charge on any atom is -0.310 e. The SMILES string of the molecule is O=C1CC(S(=O)(=O)Cl)CN1c1cc(F)ccc1I. The number of rotatable bonds is 2. The van der Waals surface area contributed by atoms with Crippen LogP contribution in [0.3, 0.4) is 0 Å². The second-order valence-electron chi connectivity index (χ2n) is 3.90. The lowest BCUT2D eigenvalue weighted by Crippen LogP contribution is -2.27. The summed E-state index contributed by atoms with van der Waals surface area (Å²) in [6.45, 7) is -0.0376. The fourth-order valence-corrected chi connectivity index (χ4v) is 3.44. The summed E-state index contributed by atoms with van der Waals surface area (Å²) in [7, 11) is 1.46. The van der Waals surface area contributed by atoms with E-state index in [2.05, 4.69) is 0 Å². The Balaban J connectivity index is 2.35. The van der Waals surface area contributed by atoms with Crippen LogP contribution in [0.1, 0.15) is 6.42 Å². The van der Waals surface area contributed by atoms with Gasteiger partial charge in [0.1, 0.15) is 11.1 Å². The van der Waals surface area contributed by atoms with Crippen molar-refractivity contribution < 1.29 is 17.6 Å². The van der Waals surface area contributed by atoms with Crippen molar-refractivity contribution in [3.63, 3.8) is 0 Å². The van der Waals surface area contributed by atoms with Crippen LogP contribution in [-0.4, -0.2) is 26.1 Å². The molecule has 1 amide bonds. The van der Waals surface area contributed by atoms with Crippen LogP contribution in [-0.2, 0) is 13.8 Å². The Kier molecular flexibility index (Phi) is 3.84. The maximum absolute atomic E-state index is 13.2. The van der Waals surface area contributed by atoms with Crippen molar-refractivity contribution in [2.24, 2.45) is 0 Å². The van der Waals surface area contributed by atoms with E-state index < -0.39 is 20.1 Å². The zero-order chi connectivity index (χ0) is 13.5. The number of carbonyl (C=O) groups is 1. The normalized spacial score (nSPS) is 20.5. The van der Waals surface area contributed by atoms with E-state index in [1.807, 2.05) is 22.6 Å². The number of carbonyl (C=O) groups excluding carboxylic acids is 1. The van der Waals surface area contributed by atoms with Crippen LogP contribution >= 0.6 is 33.3 Å². The maximum atomic E-state index is 13.2. The molecule has 2 rings (SSSR count). The summed E-state index contributed by atoms with van der Waals surface area (Å²) in [5, 5.41) is -0.939. The van der Waals surface area contributed by atoms with Crippen molar-refractivity contribution in [3.05, 3.63) is 27.6 Å². The van der Waals surface area contributed by atoms with Crippen LogP contribution in [0.15, 0.2) is 18.2 Å². The molecular weight excluding hydrogens is 396 g/mol. The van der Waals surface area contributed by atoms with Crippen LogP contribution in [0, 0.1) is 9.39 Å². The van der Waals surface area contributed by atoms with Gasteiger partial charge in [-0.25, -0.2) is 12.8 Å². The third-order valence-corrected chi connectivity index (χ3v) is 5.47. The van der Waals surface area contributed by atoms with E-state index in [9.17, 15) is 17.6 Å². The van der Waals surface area contributed by atoms with Crippen LogP contribution in [0.4, 0.5) is 10.1 Å². The van der Waals surface area contributed by atoms with Crippen molar-refractivity contribution in [1.82, 2.24) is 0 Å². The first-order valence-corrected chi connectivity index (χ1v) is 8.43. The number of halogens is 3. The zero-order valence-corrected chi connectivity index (χ0v) is 12.7. The number of benzene rings is 1. The van der Waals surface area contributed by atoms with E-state index in [1.54, 1.807) is 0 Å². The Morgan fingerprint density at radius 3 is 2.67 bits per heavy atom. The molecule has 0 aromatic heterocycles. The molecule has 0 saturated carbocycles. The zero-order valence-electron chi connectivity index (χ0n) is 8.94. The molecule has 0 aliphatic carbocycles. The molecule has 1 aromatic carbocycles. The molecule has 1 aliphatic rings. The molecule has 98 valence electrons. The van der Waals surface area contributed by atoms with Crippen molar-refractivity contribution >= 4 is 53.9 Å². The summed E-state index contributed by atoms with van der Waals surface area (Å²) >= 11 is 1.96. The van der Waals surface area contributed by atoms with E-state index in [4.69, 9.17) is 10.7 Å². The van der Waals surface area contributed by atoms with Gasteiger partial charge in [0.05, 0.1) is 5.69 Å². The highest BCUT2D eigenvalue weighted by atomic mass is 127. The highest BCUT2D eigenvalue weighted by Crippen LogP contribution is 2.30. The average molecular weight is 404 g/mol. The van der Waals surface area contributed by atoms with Crippen molar-refractivity contribution in [3.8, 4) is 0 Å². The van der Waals surface area contributed by atoms with Gasteiger partial charge in [0.15, 0.2) is 0 Å². The first-order chi connectivity index (χ1) is 8.29. The summed E-state index contributed by atoms with van der Waals surface area (Å²) in [5.74, 6) is -0.844. The second-order valence-corrected chi connectivity index (χ2v) is 7.97. The van der Waals surface area contributed by atoms with E-state index in [-0.39, 0.29) is 18.9 Å². The standard InChI is InChI=1S/C10H8ClFINO3S/c11-18(16,17)7-4-10(15)14(5-7)9-3-6(12)1-2-8(9)13/h1-3,7H,4-5H2. The van der Waals surface area contributed by atoms with Gasteiger partial charge in [-0.15, -0.1) is 0 Å². The van der Waals surface area contributed by atoms with Crippen LogP contribution in [0.2, 0.25) is 0 Å². The van der Waals surface area contributed by atoms with Gasteiger partial charge >= 0.3 is 0 Å². The average Bonchev–Trinajstić information content (AvgIpc) is 2.64. The maximum Gasteiger partial charge on any atom is 0.237 e. The van der Waals surface area contributed by atoms with E-state index >= 15 is 0 Å². The Bertz CT molecular complexity index is 607. The molecule has 0 radical (unpaired) electrons. The monoisotopic (exact) mass is 403 g/mol. The minimum atomic E-state index is -3.79. The van der Waals surface area contributed by atoms with Gasteiger partial charge in [0, 0.05) is 27.2 Å². The number of anilines is 1. The molecule has 4 nitrogen and oxygen atoms in total. The summed E-state index contributed by atoms with van der Waals surface area (Å²) < 4.78 is 36.3. The summed E-state index contributed by atoms with van der Waals surface area (Å²) in [5.41, 5.74) is 0.378. The van der Waals surface area contributed by atoms with E-state index in [0.717, 1.165) is 0 Å². The third-order valence-electron chi connectivity index (χ3n) is 2.69. The molecule has 0 N–H and O–H groups in total. The molecule has 8 heteroatoms. The number of nitrogens with zero attached hydrogens (tertiary/aromatic N) is 1. The van der Waals surface area contributed by atoms with Gasteiger partial charge in [0.2, 0.25) is 15.0 Å². The van der Waals surface area contributed by atoms with Crippen LogP contribution in [0.25, 0.3) is 0 Å². The molecule has 0 spiro atoms. The number of hydrogen-bond donors (Lipinski definition) is 0. The summed E-state index contributed by atoms with van der Waals surface area (Å²) in [6.07, 6.45) is -0.168. The first kappa shape index (κ1) is 14.0. The quantitative estimate of drug-likeness (QED) is 0.561. The lowest BCUT2D eigenvalue weighted by molar-refractivity contribution is -0.117. The van der Waals surface area contributed by atoms with Crippen molar-refractivity contribution in [1.29, 1.82) is 0 Å². The smallest absolute Gasteiger partial charge is 0.237 e. The fraction of sp³-hybridized carbons (Fsp3) is 0.300. The summed E-state index contributed by atoms with van der Waals surface area (Å²) in [4.78, 5) is 13.0. The molecule has 1 atom stereocenters. The molecule has 18 heavy (non-hydrogen) atoms. The Morgan fingerprint density at radius 2 is 2.11 bits per heavy atom. The molecule has 1 aromatic rings. The highest BCUT2D eigenvalue weighted by molar-refractivity contribution is 14.1. The Labute approximate surface area is 122 Å². The van der Waals surface area contributed by atoms with Gasteiger partial charge in [-0.2, -0.15) is 0 Å². The Hall–Kier alpha value is -0.410. The third kappa shape index (κ3) is 2.77. The van der Waals surface area contributed by atoms with E-state index in [1.165, 1.54) is 23.1 Å². The molecule has 1 unspecified atom stereocenters. The predicted octanol–water partition coefficient (Wildman–Crippen LogP) is 2.10. The largest absolute Gasteiger partial charge is 0.310 e. The number of hydrogen-bond acceptors (Lipinski definition) is 3. The van der Waals surface area contributed by atoms with Crippen LogP contribution < -0.4 is 4.90 Å². The first-order valence-electron chi connectivity index (χ1n) is 4.98. The van der Waals surface area contributed by atoms with Crippen LogP contribution in [0.5, 0.6) is 0 Å². The predicted molar refractivity (Wildman–Crippen MR) is 74.6 cm³/mol. The van der Waals surface area contributed by atoms with Gasteiger partial charge in [-0.05, 0) is 40.8 Å². The molecule has 1 fully saturated rings.